The third-order valence-corrected chi connectivity index (χ3v) is 2.32. The second-order valence-corrected chi connectivity index (χ2v) is 3.64. The first-order chi connectivity index (χ1) is 7.76. The van der Waals surface area contributed by atoms with E-state index >= 15 is 0 Å². The van der Waals surface area contributed by atoms with Gasteiger partial charge in [-0.05, 0) is 25.8 Å². The predicted molar refractivity (Wildman–Crippen MR) is 60.7 cm³/mol. The summed E-state index contributed by atoms with van der Waals surface area (Å²) < 4.78 is 1.70. The van der Waals surface area contributed by atoms with Gasteiger partial charge in [-0.25, -0.2) is 0 Å². The van der Waals surface area contributed by atoms with E-state index in [4.69, 9.17) is 5.73 Å². The molecule has 0 unspecified atom stereocenters. The Labute approximate surface area is 95.2 Å². The molecule has 16 heavy (non-hydrogen) atoms. The van der Waals surface area contributed by atoms with Crippen LogP contribution in [0.4, 0.5) is 0 Å². The van der Waals surface area contributed by atoms with Gasteiger partial charge in [0.25, 0.3) is 0 Å². The predicted octanol–water partition coefficient (Wildman–Crippen LogP) is -0.304. The topological polar surface area (TPSA) is 85.8 Å². The lowest BCUT2D eigenvalue weighted by molar-refractivity contribution is -0.120. The Bertz CT molecular complexity index is 323. The van der Waals surface area contributed by atoms with Gasteiger partial charge in [-0.1, -0.05) is 5.21 Å². The van der Waals surface area contributed by atoms with Crippen LogP contribution in [0.2, 0.25) is 0 Å². The average Bonchev–Trinajstić information content (AvgIpc) is 2.74. The molecule has 1 aromatic heterocycles. The third-order valence-electron chi connectivity index (χ3n) is 2.32. The molecule has 6 heteroatoms. The fourth-order valence-corrected chi connectivity index (χ4v) is 1.35. The zero-order valence-electron chi connectivity index (χ0n) is 9.65. The van der Waals surface area contributed by atoms with Crippen molar-refractivity contribution in [3.63, 3.8) is 0 Å². The molecule has 0 aliphatic rings. The maximum absolute atomic E-state index is 11.0. The lowest BCUT2D eigenvalue weighted by atomic mass is 10.2. The highest BCUT2D eigenvalue weighted by Crippen LogP contribution is 2.00. The Balaban J connectivity index is 2.30. The second-order valence-electron chi connectivity index (χ2n) is 3.64. The number of nitrogens with two attached hydrogens (primary N) is 1. The van der Waals surface area contributed by atoms with Crippen molar-refractivity contribution in [3.8, 4) is 0 Å². The smallest absolute Gasteiger partial charge is 0.221 e. The van der Waals surface area contributed by atoms with Crippen LogP contribution in [-0.2, 0) is 17.8 Å². The molecule has 0 aliphatic carbocycles. The lowest BCUT2D eigenvalue weighted by Gasteiger charge is -1.98. The van der Waals surface area contributed by atoms with Gasteiger partial charge in [-0.15, -0.1) is 5.10 Å². The average molecular weight is 225 g/mol. The van der Waals surface area contributed by atoms with Crippen LogP contribution in [0, 0.1) is 0 Å². The minimum Gasteiger partial charge on any atom is -0.359 e. The molecule has 0 saturated carbocycles. The SMILES string of the molecule is CNC(=O)CCn1cc(CCCCN)nn1. The summed E-state index contributed by atoms with van der Waals surface area (Å²) in [5.74, 6) is 0.0141. The summed E-state index contributed by atoms with van der Waals surface area (Å²) in [6, 6.07) is 0. The number of unbranched alkanes of at least 4 members (excludes halogenated alkanes) is 1. The molecule has 1 amide bonds. The Kier molecular flexibility index (Phi) is 5.49. The Morgan fingerprint density at radius 2 is 2.38 bits per heavy atom. The number of nitrogens with zero attached hydrogens (tertiary/aromatic N) is 3. The van der Waals surface area contributed by atoms with Crippen molar-refractivity contribution in [1.82, 2.24) is 20.3 Å². The van der Waals surface area contributed by atoms with E-state index in [0.29, 0.717) is 19.5 Å². The van der Waals surface area contributed by atoms with Gasteiger partial charge in [-0.3, -0.25) is 9.48 Å². The third kappa shape index (κ3) is 4.39. The molecule has 0 aromatic carbocycles. The first-order valence-corrected chi connectivity index (χ1v) is 5.56. The number of amides is 1. The number of aryl methyl sites for hydroxylation is 2. The standard InChI is InChI=1S/C10H19N5O/c1-12-10(16)5-7-15-8-9(13-14-15)4-2-3-6-11/h8H,2-7,11H2,1H3,(H,12,16). The van der Waals surface area contributed by atoms with Crippen LogP contribution >= 0.6 is 0 Å². The molecule has 0 aliphatic heterocycles. The minimum absolute atomic E-state index is 0.0141. The van der Waals surface area contributed by atoms with E-state index in [0.717, 1.165) is 25.0 Å². The fourth-order valence-electron chi connectivity index (χ4n) is 1.35. The quantitative estimate of drug-likeness (QED) is 0.624. The molecule has 1 rings (SSSR count). The summed E-state index contributed by atoms with van der Waals surface area (Å²) >= 11 is 0. The van der Waals surface area contributed by atoms with Gasteiger partial charge in [0, 0.05) is 19.7 Å². The van der Waals surface area contributed by atoms with Crippen LogP contribution < -0.4 is 11.1 Å². The van der Waals surface area contributed by atoms with E-state index < -0.39 is 0 Å². The fraction of sp³-hybridized carbons (Fsp3) is 0.700. The van der Waals surface area contributed by atoms with Gasteiger partial charge < -0.3 is 11.1 Å². The zero-order chi connectivity index (χ0) is 11.8. The Morgan fingerprint density at radius 3 is 3.06 bits per heavy atom. The first kappa shape index (κ1) is 12.6. The molecular formula is C10H19N5O. The van der Waals surface area contributed by atoms with Crippen LogP contribution in [0.3, 0.4) is 0 Å². The van der Waals surface area contributed by atoms with Crippen molar-refractivity contribution in [1.29, 1.82) is 0 Å². The summed E-state index contributed by atoms with van der Waals surface area (Å²) in [7, 11) is 1.63. The monoisotopic (exact) mass is 225 g/mol. The van der Waals surface area contributed by atoms with Crippen LogP contribution in [0.5, 0.6) is 0 Å². The minimum atomic E-state index is 0.0141. The van der Waals surface area contributed by atoms with Crippen molar-refractivity contribution in [2.45, 2.75) is 32.2 Å². The molecule has 0 radical (unpaired) electrons. The highest BCUT2D eigenvalue weighted by molar-refractivity contribution is 5.75. The van der Waals surface area contributed by atoms with E-state index in [2.05, 4.69) is 15.6 Å². The number of carbonyl (C=O) groups is 1. The molecular weight excluding hydrogens is 206 g/mol. The van der Waals surface area contributed by atoms with Gasteiger partial charge >= 0.3 is 0 Å². The normalized spacial score (nSPS) is 10.4. The lowest BCUT2D eigenvalue weighted by Crippen LogP contribution is -2.19. The van der Waals surface area contributed by atoms with Crippen LogP contribution in [0.1, 0.15) is 25.0 Å². The van der Waals surface area contributed by atoms with Crippen molar-refractivity contribution in [2.75, 3.05) is 13.6 Å². The molecule has 0 saturated heterocycles. The molecule has 1 aromatic rings. The summed E-state index contributed by atoms with van der Waals surface area (Å²) in [5.41, 5.74) is 6.37. The number of hydrogen-bond donors (Lipinski definition) is 2. The molecule has 6 nitrogen and oxygen atoms in total. The summed E-state index contributed by atoms with van der Waals surface area (Å²) in [6.07, 6.45) is 5.26. The van der Waals surface area contributed by atoms with E-state index in [9.17, 15) is 4.79 Å². The highest BCUT2D eigenvalue weighted by atomic mass is 16.1. The molecule has 0 bridgehead atoms. The van der Waals surface area contributed by atoms with Crippen molar-refractivity contribution in [2.24, 2.45) is 5.73 Å². The Morgan fingerprint density at radius 1 is 1.56 bits per heavy atom. The maximum atomic E-state index is 11.0. The first-order valence-electron chi connectivity index (χ1n) is 5.56. The van der Waals surface area contributed by atoms with E-state index in [1.807, 2.05) is 6.20 Å². The van der Waals surface area contributed by atoms with E-state index in [1.54, 1.807) is 11.7 Å². The number of carbonyl (C=O) groups excluding carboxylic acids is 1. The molecule has 0 atom stereocenters. The van der Waals surface area contributed by atoms with Gasteiger partial charge in [0.05, 0.1) is 12.2 Å². The van der Waals surface area contributed by atoms with Crippen molar-refractivity contribution >= 4 is 5.91 Å². The molecule has 3 N–H and O–H groups in total. The number of hydrogen-bond acceptors (Lipinski definition) is 4. The maximum Gasteiger partial charge on any atom is 0.221 e. The van der Waals surface area contributed by atoms with Crippen molar-refractivity contribution < 1.29 is 4.79 Å². The number of nitrogens with one attached hydrogen (secondary N) is 1. The van der Waals surface area contributed by atoms with E-state index in [1.165, 1.54) is 0 Å². The summed E-state index contributed by atoms with van der Waals surface area (Å²) in [6.45, 7) is 1.29. The highest BCUT2D eigenvalue weighted by Gasteiger charge is 2.02. The van der Waals surface area contributed by atoms with Crippen LogP contribution in [0.15, 0.2) is 6.20 Å². The molecule has 0 spiro atoms. The Hall–Kier alpha value is -1.43. The number of aromatic nitrogens is 3. The van der Waals surface area contributed by atoms with Gasteiger partial charge in [-0.2, -0.15) is 0 Å². The molecule has 90 valence electrons. The van der Waals surface area contributed by atoms with Gasteiger partial charge in [0.1, 0.15) is 0 Å². The van der Waals surface area contributed by atoms with Crippen LogP contribution in [-0.4, -0.2) is 34.5 Å². The summed E-state index contributed by atoms with van der Waals surface area (Å²) in [5, 5.41) is 10.6. The van der Waals surface area contributed by atoms with Crippen LogP contribution in [0.25, 0.3) is 0 Å². The van der Waals surface area contributed by atoms with Gasteiger partial charge in [0.2, 0.25) is 5.91 Å². The number of rotatable bonds is 7. The summed E-state index contributed by atoms with van der Waals surface area (Å²) in [4.78, 5) is 11.0. The van der Waals surface area contributed by atoms with E-state index in [-0.39, 0.29) is 5.91 Å². The van der Waals surface area contributed by atoms with Gasteiger partial charge in [0.15, 0.2) is 0 Å². The molecule has 1 heterocycles. The second kappa shape index (κ2) is 6.95. The zero-order valence-corrected chi connectivity index (χ0v) is 9.65. The largest absolute Gasteiger partial charge is 0.359 e. The molecule has 0 fully saturated rings. The van der Waals surface area contributed by atoms with Crippen molar-refractivity contribution in [3.05, 3.63) is 11.9 Å².